The summed E-state index contributed by atoms with van der Waals surface area (Å²) >= 11 is 0. The van der Waals surface area contributed by atoms with Gasteiger partial charge in [0.1, 0.15) is 23.1 Å². The van der Waals surface area contributed by atoms with Crippen LogP contribution in [0, 0.1) is 0 Å². The number of unbranched alkanes of at least 4 members (excludes halogenated alkanes) is 6. The highest BCUT2D eigenvalue weighted by Gasteiger charge is 2.06. The first-order chi connectivity index (χ1) is 14.0. The van der Waals surface area contributed by atoms with Gasteiger partial charge in [-0.05, 0) is 25.7 Å². The maximum Gasteiger partial charge on any atom is 0.133 e. The number of rotatable bonds is 22. The minimum atomic E-state index is 0.170. The molecule has 0 spiro atoms. The zero-order valence-corrected chi connectivity index (χ0v) is 18.8. The van der Waals surface area contributed by atoms with Crippen molar-refractivity contribution in [2.75, 3.05) is 13.2 Å². The highest BCUT2D eigenvalue weighted by molar-refractivity contribution is 5.86. The number of carbonyl (C=O) groups is 4. The summed E-state index contributed by atoms with van der Waals surface area (Å²) in [6, 6.07) is 0. The fraction of sp³-hybridized carbons (Fsp3) is 0.833. The second kappa shape index (κ2) is 19.9. The molecule has 0 rings (SSSR count). The topological polar surface area (TPSA) is 77.5 Å². The van der Waals surface area contributed by atoms with Crippen LogP contribution >= 0.6 is 0 Å². The van der Waals surface area contributed by atoms with E-state index in [1.807, 2.05) is 13.8 Å². The first-order valence-corrected chi connectivity index (χ1v) is 11.6. The minimum Gasteiger partial charge on any atom is -0.381 e. The van der Waals surface area contributed by atoms with Gasteiger partial charge in [-0.15, -0.1) is 0 Å². The number of Topliss-reactive ketones (excluding diaryl/α,β-unsaturated/α-hetero) is 4. The van der Waals surface area contributed by atoms with E-state index < -0.39 is 0 Å². The van der Waals surface area contributed by atoms with Crippen molar-refractivity contribution in [3.63, 3.8) is 0 Å². The molecule has 5 heteroatoms. The van der Waals surface area contributed by atoms with Gasteiger partial charge in [0.05, 0.1) is 0 Å². The van der Waals surface area contributed by atoms with Gasteiger partial charge >= 0.3 is 0 Å². The van der Waals surface area contributed by atoms with Crippen LogP contribution in [-0.2, 0) is 23.9 Å². The van der Waals surface area contributed by atoms with Gasteiger partial charge in [0.25, 0.3) is 0 Å². The molecule has 0 aromatic rings. The van der Waals surface area contributed by atoms with Gasteiger partial charge in [-0.2, -0.15) is 0 Å². The Morgan fingerprint density at radius 3 is 1.17 bits per heavy atom. The van der Waals surface area contributed by atoms with Crippen LogP contribution in [0.15, 0.2) is 0 Å². The van der Waals surface area contributed by atoms with Crippen LogP contribution in [0.4, 0.5) is 0 Å². The molecule has 0 aliphatic carbocycles. The molecule has 0 aromatic heterocycles. The Kier molecular flexibility index (Phi) is 19.0. The first-order valence-electron chi connectivity index (χ1n) is 11.6. The Hall–Kier alpha value is -1.36. The molecule has 5 nitrogen and oxygen atoms in total. The van der Waals surface area contributed by atoms with Gasteiger partial charge in [-0.3, -0.25) is 19.2 Å². The number of hydrogen-bond donors (Lipinski definition) is 0. The van der Waals surface area contributed by atoms with E-state index in [2.05, 4.69) is 0 Å². The summed E-state index contributed by atoms with van der Waals surface area (Å²) in [6.07, 6.45) is 11.9. The summed E-state index contributed by atoms with van der Waals surface area (Å²) in [5.74, 6) is 0.756. The molecule has 0 bridgehead atoms. The number of ketones is 4. The van der Waals surface area contributed by atoms with E-state index in [4.69, 9.17) is 4.74 Å². The van der Waals surface area contributed by atoms with Gasteiger partial charge in [-0.1, -0.05) is 39.5 Å². The molecule has 0 heterocycles. The molecule has 0 aliphatic rings. The van der Waals surface area contributed by atoms with Gasteiger partial charge in [0.15, 0.2) is 0 Å². The highest BCUT2D eigenvalue weighted by Crippen LogP contribution is 2.09. The third kappa shape index (κ3) is 19.7. The molecule has 29 heavy (non-hydrogen) atoms. The molecule has 0 unspecified atom stereocenters. The number of hydrogen-bond acceptors (Lipinski definition) is 5. The normalized spacial score (nSPS) is 10.8. The molecule has 0 atom stereocenters. The summed E-state index contributed by atoms with van der Waals surface area (Å²) in [5.41, 5.74) is 0. The number of ether oxygens (including phenoxy) is 1. The van der Waals surface area contributed by atoms with Crippen molar-refractivity contribution in [2.45, 2.75) is 117 Å². The quantitative estimate of drug-likeness (QED) is 0.218. The smallest absolute Gasteiger partial charge is 0.133 e. The Morgan fingerprint density at radius 1 is 0.448 bits per heavy atom. The largest absolute Gasteiger partial charge is 0.381 e. The van der Waals surface area contributed by atoms with Crippen LogP contribution in [-0.4, -0.2) is 36.3 Å². The molecule has 0 amide bonds. The van der Waals surface area contributed by atoms with Gasteiger partial charge in [0, 0.05) is 64.6 Å². The fourth-order valence-electron chi connectivity index (χ4n) is 3.02. The van der Waals surface area contributed by atoms with Crippen LogP contribution in [0.1, 0.15) is 117 Å². The van der Waals surface area contributed by atoms with Crippen molar-refractivity contribution < 1.29 is 23.9 Å². The fourth-order valence-corrected chi connectivity index (χ4v) is 3.02. The van der Waals surface area contributed by atoms with Crippen molar-refractivity contribution in [3.05, 3.63) is 0 Å². The molecular weight excluding hydrogens is 368 g/mol. The third-order valence-electron chi connectivity index (χ3n) is 5.14. The van der Waals surface area contributed by atoms with Crippen molar-refractivity contribution in [3.8, 4) is 0 Å². The second-order valence-electron chi connectivity index (χ2n) is 7.80. The summed E-state index contributed by atoms with van der Waals surface area (Å²) in [7, 11) is 0. The Labute approximate surface area is 177 Å². The minimum absolute atomic E-state index is 0.170. The molecular formula is C24H42O5. The van der Waals surface area contributed by atoms with Gasteiger partial charge in [0.2, 0.25) is 0 Å². The van der Waals surface area contributed by atoms with E-state index in [9.17, 15) is 19.2 Å². The van der Waals surface area contributed by atoms with Crippen molar-refractivity contribution in [1.29, 1.82) is 0 Å². The van der Waals surface area contributed by atoms with E-state index in [1.165, 1.54) is 0 Å². The van der Waals surface area contributed by atoms with E-state index in [0.717, 1.165) is 64.6 Å². The summed E-state index contributed by atoms with van der Waals surface area (Å²) in [5, 5.41) is 0. The molecule has 168 valence electrons. The van der Waals surface area contributed by atoms with Crippen molar-refractivity contribution >= 4 is 23.1 Å². The standard InChI is InChI=1S/C24H42O5/c1-3-21(25)15-17-23(27)13-9-5-7-11-19-29-20-12-8-6-10-14-24(28)18-16-22(26)4-2/h3-20H2,1-2H3. The van der Waals surface area contributed by atoms with E-state index in [1.54, 1.807) is 0 Å². The first kappa shape index (κ1) is 27.6. The molecule has 0 aromatic carbocycles. The molecule has 0 aliphatic heterocycles. The van der Waals surface area contributed by atoms with Crippen molar-refractivity contribution in [2.24, 2.45) is 0 Å². The summed E-state index contributed by atoms with van der Waals surface area (Å²) < 4.78 is 5.63. The monoisotopic (exact) mass is 410 g/mol. The average molecular weight is 411 g/mol. The van der Waals surface area contributed by atoms with Crippen LogP contribution in [0.2, 0.25) is 0 Å². The average Bonchev–Trinajstić information content (AvgIpc) is 2.73. The lowest BCUT2D eigenvalue weighted by atomic mass is 10.0. The zero-order chi connectivity index (χ0) is 21.7. The van der Waals surface area contributed by atoms with Crippen LogP contribution in [0.25, 0.3) is 0 Å². The highest BCUT2D eigenvalue weighted by atomic mass is 16.5. The van der Waals surface area contributed by atoms with Crippen LogP contribution in [0.5, 0.6) is 0 Å². The molecule has 0 N–H and O–H groups in total. The lowest BCUT2D eigenvalue weighted by molar-refractivity contribution is -0.124. The molecule has 0 fully saturated rings. The Balaban J connectivity index is 3.28. The zero-order valence-electron chi connectivity index (χ0n) is 18.8. The van der Waals surface area contributed by atoms with Crippen LogP contribution in [0.3, 0.4) is 0 Å². The maximum atomic E-state index is 11.6. The third-order valence-corrected chi connectivity index (χ3v) is 5.14. The predicted octanol–water partition coefficient (Wildman–Crippen LogP) is 5.56. The summed E-state index contributed by atoms with van der Waals surface area (Å²) in [6.45, 7) is 5.20. The lowest BCUT2D eigenvalue weighted by Crippen LogP contribution is -2.03. The SMILES string of the molecule is CCC(=O)CCC(=O)CCCCCCOCCCCCCC(=O)CCC(=O)CC. The van der Waals surface area contributed by atoms with Crippen molar-refractivity contribution in [1.82, 2.24) is 0 Å². The van der Waals surface area contributed by atoms with E-state index in [0.29, 0.717) is 51.4 Å². The van der Waals surface area contributed by atoms with E-state index in [-0.39, 0.29) is 23.1 Å². The molecule has 0 saturated carbocycles. The lowest BCUT2D eigenvalue weighted by Gasteiger charge is -2.05. The van der Waals surface area contributed by atoms with Gasteiger partial charge < -0.3 is 4.74 Å². The van der Waals surface area contributed by atoms with E-state index >= 15 is 0 Å². The summed E-state index contributed by atoms with van der Waals surface area (Å²) in [4.78, 5) is 45.7. The van der Waals surface area contributed by atoms with Gasteiger partial charge in [-0.25, -0.2) is 0 Å². The maximum absolute atomic E-state index is 11.6. The molecule has 0 saturated heterocycles. The van der Waals surface area contributed by atoms with Crippen LogP contribution < -0.4 is 0 Å². The Morgan fingerprint density at radius 2 is 0.793 bits per heavy atom. The predicted molar refractivity (Wildman–Crippen MR) is 116 cm³/mol. The molecule has 0 radical (unpaired) electrons. The number of carbonyl (C=O) groups excluding carboxylic acids is 4. The second-order valence-corrected chi connectivity index (χ2v) is 7.80. The Bertz CT molecular complexity index is 428.